The molecule has 1 fully saturated rings. The van der Waals surface area contributed by atoms with E-state index < -0.39 is 6.04 Å². The number of ether oxygens (including phenoxy) is 2. The zero-order valence-corrected chi connectivity index (χ0v) is 19.4. The number of aryl methyl sites for hydroxylation is 1. The van der Waals surface area contributed by atoms with Crippen LogP contribution in [0.25, 0.3) is 10.6 Å². The molecule has 0 spiro atoms. The second kappa shape index (κ2) is 9.86. The summed E-state index contributed by atoms with van der Waals surface area (Å²) in [5.74, 6) is 0.807. The van der Waals surface area contributed by atoms with E-state index in [0.29, 0.717) is 35.3 Å². The highest BCUT2D eigenvalue weighted by atomic mass is 32.1. The molecule has 4 rings (SSSR count). The summed E-state index contributed by atoms with van der Waals surface area (Å²) in [6.45, 7) is 2.49. The first-order valence-electron chi connectivity index (χ1n) is 10.5. The Morgan fingerprint density at radius 2 is 1.94 bits per heavy atom. The van der Waals surface area contributed by atoms with Crippen LogP contribution in [0.15, 0.2) is 42.5 Å². The molecule has 172 valence electrons. The lowest BCUT2D eigenvalue weighted by Gasteiger charge is -2.24. The Labute approximate surface area is 195 Å². The molecule has 1 unspecified atom stereocenters. The van der Waals surface area contributed by atoms with Gasteiger partial charge >= 0.3 is 6.03 Å². The van der Waals surface area contributed by atoms with Crippen LogP contribution in [0, 0.1) is 6.92 Å². The predicted molar refractivity (Wildman–Crippen MR) is 127 cm³/mol. The van der Waals surface area contributed by atoms with Crippen LogP contribution in [0.5, 0.6) is 11.5 Å². The molecule has 9 nitrogen and oxygen atoms in total. The van der Waals surface area contributed by atoms with Crippen LogP contribution in [-0.2, 0) is 4.79 Å². The molecule has 0 aliphatic carbocycles. The lowest BCUT2D eigenvalue weighted by Crippen LogP contribution is -2.45. The topological polar surface area (TPSA) is 106 Å². The van der Waals surface area contributed by atoms with Gasteiger partial charge in [0.25, 0.3) is 0 Å². The molecule has 1 saturated heterocycles. The molecule has 1 aromatic heterocycles. The van der Waals surface area contributed by atoms with E-state index in [1.807, 2.05) is 31.2 Å². The Kier molecular flexibility index (Phi) is 6.74. The number of hydrogen-bond donors (Lipinski definition) is 2. The highest BCUT2D eigenvalue weighted by molar-refractivity contribution is 7.18. The van der Waals surface area contributed by atoms with Gasteiger partial charge in [-0.15, -0.1) is 10.2 Å². The highest BCUT2D eigenvalue weighted by Gasteiger charge is 2.35. The number of nitrogens with zero attached hydrogens (tertiary/aromatic N) is 3. The molecule has 0 bridgehead atoms. The molecule has 10 heteroatoms. The number of hydrogen-bond acceptors (Lipinski definition) is 7. The number of aromatic nitrogens is 2. The van der Waals surface area contributed by atoms with Gasteiger partial charge < -0.3 is 19.7 Å². The molecular weight excluding hydrogens is 442 g/mol. The number of carbonyl (C=O) groups excluding carboxylic acids is 2. The van der Waals surface area contributed by atoms with E-state index in [2.05, 4.69) is 20.8 Å². The van der Waals surface area contributed by atoms with Gasteiger partial charge in [0, 0.05) is 18.2 Å². The minimum absolute atomic E-state index is 0.281. The molecule has 33 heavy (non-hydrogen) atoms. The maximum Gasteiger partial charge on any atom is 0.322 e. The van der Waals surface area contributed by atoms with E-state index in [0.717, 1.165) is 22.6 Å². The number of carbonyl (C=O) groups is 2. The molecule has 3 amide bonds. The van der Waals surface area contributed by atoms with Crippen molar-refractivity contribution >= 4 is 34.1 Å². The number of methoxy groups -OCH3 is 2. The maximum atomic E-state index is 13.0. The van der Waals surface area contributed by atoms with Crippen molar-refractivity contribution in [2.24, 2.45) is 0 Å². The average molecular weight is 468 g/mol. The highest BCUT2D eigenvalue weighted by Crippen LogP contribution is 2.31. The Morgan fingerprint density at radius 3 is 2.70 bits per heavy atom. The monoisotopic (exact) mass is 467 g/mol. The van der Waals surface area contributed by atoms with Crippen molar-refractivity contribution in [1.82, 2.24) is 15.1 Å². The fourth-order valence-corrected chi connectivity index (χ4v) is 4.47. The zero-order valence-electron chi connectivity index (χ0n) is 18.6. The average Bonchev–Trinajstić information content (AvgIpc) is 3.49. The second-order valence-corrected chi connectivity index (χ2v) is 8.60. The van der Waals surface area contributed by atoms with Gasteiger partial charge in [-0.3, -0.25) is 10.1 Å². The minimum atomic E-state index is -0.597. The summed E-state index contributed by atoms with van der Waals surface area (Å²) in [6, 6.07) is 12.1. The van der Waals surface area contributed by atoms with E-state index in [4.69, 9.17) is 9.47 Å². The van der Waals surface area contributed by atoms with Gasteiger partial charge in [0.05, 0.1) is 19.9 Å². The third kappa shape index (κ3) is 5.06. The number of anilines is 2. The molecule has 2 aromatic carbocycles. The van der Waals surface area contributed by atoms with E-state index in [-0.39, 0.29) is 11.9 Å². The predicted octanol–water partition coefficient (Wildman–Crippen LogP) is 4.17. The Bertz CT molecular complexity index is 1170. The van der Waals surface area contributed by atoms with Crippen LogP contribution in [-0.4, -0.2) is 53.8 Å². The van der Waals surface area contributed by atoms with Crippen LogP contribution in [0.4, 0.5) is 15.6 Å². The van der Waals surface area contributed by atoms with E-state index in [1.165, 1.54) is 23.3 Å². The van der Waals surface area contributed by atoms with Crippen molar-refractivity contribution in [3.63, 3.8) is 0 Å². The fraction of sp³-hybridized carbons (Fsp3) is 0.304. The third-order valence-corrected chi connectivity index (χ3v) is 6.27. The molecular formula is C23H25N5O4S. The maximum absolute atomic E-state index is 13.0. The fourth-order valence-electron chi connectivity index (χ4n) is 3.73. The van der Waals surface area contributed by atoms with Gasteiger partial charge in [-0.1, -0.05) is 35.1 Å². The van der Waals surface area contributed by atoms with Crippen LogP contribution in [0.3, 0.4) is 0 Å². The van der Waals surface area contributed by atoms with Crippen molar-refractivity contribution in [2.75, 3.05) is 31.4 Å². The van der Waals surface area contributed by atoms with Crippen LogP contribution < -0.4 is 20.1 Å². The van der Waals surface area contributed by atoms with Gasteiger partial charge in [0.2, 0.25) is 11.0 Å². The van der Waals surface area contributed by atoms with Crippen molar-refractivity contribution < 1.29 is 19.1 Å². The summed E-state index contributed by atoms with van der Waals surface area (Å²) in [5, 5.41) is 15.1. The number of benzene rings is 2. The summed E-state index contributed by atoms with van der Waals surface area (Å²) in [7, 11) is 3.08. The molecule has 1 atom stereocenters. The number of nitrogens with one attached hydrogen (secondary N) is 2. The van der Waals surface area contributed by atoms with Crippen molar-refractivity contribution in [3.8, 4) is 22.1 Å². The van der Waals surface area contributed by atoms with Crippen molar-refractivity contribution in [1.29, 1.82) is 0 Å². The van der Waals surface area contributed by atoms with E-state index in [1.54, 1.807) is 25.3 Å². The number of amides is 3. The first-order valence-corrected chi connectivity index (χ1v) is 11.3. The molecule has 0 radical (unpaired) electrons. The molecule has 1 aliphatic heterocycles. The summed E-state index contributed by atoms with van der Waals surface area (Å²) in [4.78, 5) is 27.4. The Balaban J connectivity index is 1.43. The van der Waals surface area contributed by atoms with Crippen molar-refractivity contribution in [2.45, 2.75) is 25.8 Å². The van der Waals surface area contributed by atoms with Crippen molar-refractivity contribution in [3.05, 3.63) is 48.0 Å². The first-order chi connectivity index (χ1) is 16.0. The summed E-state index contributed by atoms with van der Waals surface area (Å²) >= 11 is 1.30. The van der Waals surface area contributed by atoms with Crippen LogP contribution >= 0.6 is 11.3 Å². The SMILES string of the molecule is COc1ccc(NC(=O)N2CCCC2C(=O)Nc2nnc(-c3cccc(C)c3)s2)c(OC)c1. The van der Waals surface area contributed by atoms with Gasteiger partial charge in [-0.05, 0) is 38.0 Å². The van der Waals surface area contributed by atoms with Gasteiger partial charge in [0.1, 0.15) is 22.5 Å². The lowest BCUT2D eigenvalue weighted by atomic mass is 10.1. The smallest absolute Gasteiger partial charge is 0.322 e. The normalized spacial score (nSPS) is 15.2. The molecule has 1 aliphatic rings. The zero-order chi connectivity index (χ0) is 23.4. The van der Waals surface area contributed by atoms with Crippen LogP contribution in [0.2, 0.25) is 0 Å². The number of likely N-dealkylation sites (tertiary alicyclic amines) is 1. The largest absolute Gasteiger partial charge is 0.497 e. The third-order valence-electron chi connectivity index (χ3n) is 5.39. The lowest BCUT2D eigenvalue weighted by molar-refractivity contribution is -0.119. The van der Waals surface area contributed by atoms with Crippen LogP contribution in [0.1, 0.15) is 18.4 Å². The number of rotatable bonds is 6. The quantitative estimate of drug-likeness (QED) is 0.564. The van der Waals surface area contributed by atoms with Gasteiger partial charge in [0.15, 0.2) is 0 Å². The molecule has 0 saturated carbocycles. The molecule has 2 heterocycles. The summed E-state index contributed by atoms with van der Waals surface area (Å²) in [5.41, 5.74) is 2.57. The standard InChI is InChI=1S/C23H25N5O4S/c1-14-6-4-7-15(12-14)21-26-27-22(33-21)25-20(29)18-8-5-11-28(18)23(30)24-17-10-9-16(31-2)13-19(17)32-3/h4,6-7,9-10,12-13,18H,5,8,11H2,1-3H3,(H,24,30)(H,25,27,29). The first kappa shape index (κ1) is 22.5. The van der Waals surface area contributed by atoms with E-state index >= 15 is 0 Å². The number of urea groups is 1. The Morgan fingerprint density at radius 1 is 1.09 bits per heavy atom. The molecule has 3 aromatic rings. The minimum Gasteiger partial charge on any atom is -0.497 e. The summed E-state index contributed by atoms with van der Waals surface area (Å²) < 4.78 is 10.5. The molecule has 2 N–H and O–H groups in total. The second-order valence-electron chi connectivity index (χ2n) is 7.62. The van der Waals surface area contributed by atoms with Gasteiger partial charge in [-0.25, -0.2) is 4.79 Å². The van der Waals surface area contributed by atoms with E-state index in [9.17, 15) is 9.59 Å². The summed E-state index contributed by atoms with van der Waals surface area (Å²) in [6.07, 6.45) is 1.30. The van der Waals surface area contributed by atoms with Gasteiger partial charge in [-0.2, -0.15) is 0 Å². The Hall–Kier alpha value is -3.66.